The predicted molar refractivity (Wildman–Crippen MR) is 58.3 cm³/mol. The minimum atomic E-state index is -0.557. The van der Waals surface area contributed by atoms with Gasteiger partial charge in [-0.1, -0.05) is 0 Å². The lowest BCUT2D eigenvalue weighted by molar-refractivity contribution is -0.0719. The first-order chi connectivity index (χ1) is 7.70. The summed E-state index contributed by atoms with van der Waals surface area (Å²) >= 11 is 0. The monoisotopic (exact) mass is 222 g/mol. The number of aromatic nitrogens is 1. The van der Waals surface area contributed by atoms with Crippen LogP contribution in [0.15, 0.2) is 12.3 Å². The van der Waals surface area contributed by atoms with Gasteiger partial charge in [-0.3, -0.25) is 4.79 Å². The number of ether oxygens (including phenoxy) is 2. The number of nitrogens with two attached hydrogens (primary N) is 1. The quantitative estimate of drug-likeness (QED) is 0.740. The van der Waals surface area contributed by atoms with Crippen LogP contribution < -0.4 is 5.73 Å². The van der Waals surface area contributed by atoms with Crippen LogP contribution in [-0.2, 0) is 9.47 Å². The van der Waals surface area contributed by atoms with E-state index in [0.29, 0.717) is 18.8 Å². The number of nitrogen functional groups attached to an aromatic ring is 1. The van der Waals surface area contributed by atoms with E-state index in [4.69, 9.17) is 15.2 Å². The molecule has 0 aliphatic carbocycles. The molecule has 86 valence electrons. The number of anilines is 1. The molecule has 2 N–H and O–H groups in total. The van der Waals surface area contributed by atoms with Gasteiger partial charge in [-0.05, 0) is 18.6 Å². The molecule has 1 unspecified atom stereocenters. The molecule has 0 aromatic carbocycles. The molecule has 1 atom stereocenters. The summed E-state index contributed by atoms with van der Waals surface area (Å²) in [5, 5.41) is 0. The van der Waals surface area contributed by atoms with Crippen LogP contribution in [0, 0.1) is 6.92 Å². The number of hydrogen-bond donors (Lipinski definition) is 1. The molecular formula is C11H14N2O3. The molecule has 1 aromatic rings. The summed E-state index contributed by atoms with van der Waals surface area (Å²) in [6, 6.07) is 1.76. The van der Waals surface area contributed by atoms with Crippen molar-refractivity contribution >= 4 is 11.6 Å². The third kappa shape index (κ3) is 2.05. The van der Waals surface area contributed by atoms with Crippen LogP contribution in [-0.4, -0.2) is 36.7 Å². The van der Waals surface area contributed by atoms with Crippen molar-refractivity contribution in [2.75, 3.05) is 25.6 Å². The fourth-order valence-electron chi connectivity index (χ4n) is 1.70. The Morgan fingerprint density at radius 2 is 2.38 bits per heavy atom. The fraction of sp³-hybridized carbons (Fsp3) is 0.455. The largest absolute Gasteiger partial charge is 0.383 e. The Labute approximate surface area is 93.6 Å². The molecule has 0 spiro atoms. The molecule has 5 heteroatoms. The summed E-state index contributed by atoms with van der Waals surface area (Å²) in [5.41, 5.74) is 6.95. The van der Waals surface area contributed by atoms with Gasteiger partial charge in [-0.2, -0.15) is 0 Å². The van der Waals surface area contributed by atoms with Gasteiger partial charge in [-0.25, -0.2) is 4.98 Å². The van der Waals surface area contributed by atoms with Crippen molar-refractivity contribution in [2.45, 2.75) is 13.0 Å². The van der Waals surface area contributed by atoms with Crippen LogP contribution in [0.25, 0.3) is 0 Å². The standard InChI is InChI=1S/C11H14N2O3/c1-7-2-3-13-11(12)9(7)10(14)8-6-15-4-5-16-8/h2-3,8H,4-6H2,1H3,(H2,12,13). The van der Waals surface area contributed by atoms with E-state index in [-0.39, 0.29) is 18.2 Å². The van der Waals surface area contributed by atoms with Crippen LogP contribution in [0.5, 0.6) is 0 Å². The van der Waals surface area contributed by atoms with Crippen LogP contribution in [0.3, 0.4) is 0 Å². The van der Waals surface area contributed by atoms with E-state index in [9.17, 15) is 4.79 Å². The Kier molecular flexibility index (Phi) is 3.17. The van der Waals surface area contributed by atoms with Crippen molar-refractivity contribution in [3.63, 3.8) is 0 Å². The molecule has 1 aromatic heterocycles. The first kappa shape index (κ1) is 11.0. The van der Waals surface area contributed by atoms with Crippen molar-refractivity contribution in [1.29, 1.82) is 0 Å². The second-order valence-corrected chi connectivity index (χ2v) is 3.69. The maximum absolute atomic E-state index is 12.1. The number of aryl methyl sites for hydroxylation is 1. The fourth-order valence-corrected chi connectivity index (χ4v) is 1.70. The number of rotatable bonds is 2. The first-order valence-corrected chi connectivity index (χ1v) is 5.15. The first-order valence-electron chi connectivity index (χ1n) is 5.15. The number of carbonyl (C=O) groups excluding carboxylic acids is 1. The van der Waals surface area contributed by atoms with Gasteiger partial charge >= 0.3 is 0 Å². The highest BCUT2D eigenvalue weighted by Crippen LogP contribution is 2.18. The Balaban J connectivity index is 2.26. The maximum atomic E-state index is 12.1. The van der Waals surface area contributed by atoms with Gasteiger partial charge in [0.2, 0.25) is 0 Å². The Morgan fingerprint density at radius 1 is 1.56 bits per heavy atom. The Hall–Kier alpha value is -1.46. The summed E-state index contributed by atoms with van der Waals surface area (Å²) in [5.74, 6) is 0.0990. The zero-order chi connectivity index (χ0) is 11.5. The number of ketones is 1. The van der Waals surface area contributed by atoms with Crippen LogP contribution >= 0.6 is 0 Å². The SMILES string of the molecule is Cc1ccnc(N)c1C(=O)C1COCCO1. The molecule has 0 radical (unpaired) electrons. The average molecular weight is 222 g/mol. The van der Waals surface area contributed by atoms with Crippen LogP contribution in [0.1, 0.15) is 15.9 Å². The van der Waals surface area contributed by atoms with Gasteiger partial charge in [0.05, 0.1) is 25.4 Å². The molecule has 5 nitrogen and oxygen atoms in total. The van der Waals surface area contributed by atoms with Crippen molar-refractivity contribution in [3.8, 4) is 0 Å². The minimum Gasteiger partial charge on any atom is -0.383 e. The lowest BCUT2D eigenvalue weighted by Crippen LogP contribution is -2.36. The second kappa shape index (κ2) is 4.59. The van der Waals surface area contributed by atoms with E-state index in [1.54, 1.807) is 12.3 Å². The molecule has 0 amide bonds. The van der Waals surface area contributed by atoms with E-state index >= 15 is 0 Å². The Morgan fingerprint density at radius 3 is 3.00 bits per heavy atom. The van der Waals surface area contributed by atoms with Gasteiger partial charge < -0.3 is 15.2 Å². The minimum absolute atomic E-state index is 0.150. The molecule has 16 heavy (non-hydrogen) atoms. The van der Waals surface area contributed by atoms with Gasteiger partial charge in [0.25, 0.3) is 0 Å². The predicted octanol–water partition coefficient (Wildman–Crippen LogP) is 0.570. The van der Waals surface area contributed by atoms with Crippen LogP contribution in [0.2, 0.25) is 0 Å². The van der Waals surface area contributed by atoms with E-state index in [1.807, 2.05) is 6.92 Å². The number of hydrogen-bond acceptors (Lipinski definition) is 5. The molecule has 0 saturated carbocycles. The van der Waals surface area contributed by atoms with Gasteiger partial charge in [0.1, 0.15) is 11.9 Å². The zero-order valence-corrected chi connectivity index (χ0v) is 9.10. The number of Topliss-reactive ketones (excluding diaryl/α,β-unsaturated/α-hetero) is 1. The summed E-state index contributed by atoms with van der Waals surface area (Å²) in [6.07, 6.45) is 1.03. The molecule has 2 heterocycles. The van der Waals surface area contributed by atoms with Gasteiger partial charge in [0.15, 0.2) is 5.78 Å². The molecule has 2 rings (SSSR count). The van der Waals surface area contributed by atoms with Crippen molar-refractivity contribution in [1.82, 2.24) is 4.98 Å². The highest BCUT2D eigenvalue weighted by Gasteiger charge is 2.26. The zero-order valence-electron chi connectivity index (χ0n) is 9.10. The second-order valence-electron chi connectivity index (χ2n) is 3.69. The Bertz CT molecular complexity index is 380. The molecule has 1 saturated heterocycles. The van der Waals surface area contributed by atoms with E-state index in [2.05, 4.69) is 4.98 Å². The summed E-state index contributed by atoms with van der Waals surface area (Å²) in [4.78, 5) is 16.0. The molecule has 1 aliphatic rings. The normalized spacial score (nSPS) is 20.7. The highest BCUT2D eigenvalue weighted by molar-refractivity contribution is 6.04. The van der Waals surface area contributed by atoms with Crippen LogP contribution in [0.4, 0.5) is 5.82 Å². The summed E-state index contributed by atoms with van der Waals surface area (Å²) in [6.45, 7) is 3.09. The van der Waals surface area contributed by atoms with Crippen molar-refractivity contribution < 1.29 is 14.3 Å². The summed E-state index contributed by atoms with van der Waals surface area (Å²) in [7, 11) is 0. The lowest BCUT2D eigenvalue weighted by Gasteiger charge is -2.22. The number of pyridine rings is 1. The topological polar surface area (TPSA) is 74.4 Å². The average Bonchev–Trinajstić information content (AvgIpc) is 2.30. The highest BCUT2D eigenvalue weighted by atomic mass is 16.6. The number of nitrogens with zero attached hydrogens (tertiary/aromatic N) is 1. The van der Waals surface area contributed by atoms with Crippen molar-refractivity contribution in [3.05, 3.63) is 23.4 Å². The van der Waals surface area contributed by atoms with Gasteiger partial charge in [0, 0.05) is 6.20 Å². The molecule has 1 fully saturated rings. The van der Waals surface area contributed by atoms with E-state index in [0.717, 1.165) is 5.56 Å². The molecule has 0 bridgehead atoms. The number of carbonyl (C=O) groups is 1. The third-order valence-corrected chi connectivity index (χ3v) is 2.54. The third-order valence-electron chi connectivity index (χ3n) is 2.54. The molecule has 1 aliphatic heterocycles. The van der Waals surface area contributed by atoms with E-state index < -0.39 is 6.10 Å². The van der Waals surface area contributed by atoms with Gasteiger partial charge in [-0.15, -0.1) is 0 Å². The maximum Gasteiger partial charge on any atom is 0.197 e. The lowest BCUT2D eigenvalue weighted by atomic mass is 10.0. The summed E-state index contributed by atoms with van der Waals surface area (Å²) < 4.78 is 10.5. The molecular weight excluding hydrogens is 208 g/mol. The smallest absolute Gasteiger partial charge is 0.197 e. The van der Waals surface area contributed by atoms with E-state index in [1.165, 1.54) is 0 Å². The van der Waals surface area contributed by atoms with Crippen molar-refractivity contribution in [2.24, 2.45) is 0 Å².